The van der Waals surface area contributed by atoms with Gasteiger partial charge in [-0.05, 0) is 42.8 Å². The summed E-state index contributed by atoms with van der Waals surface area (Å²) in [7, 11) is 3.20. The Hall–Kier alpha value is -2.21. The fourth-order valence-electron chi connectivity index (χ4n) is 2.55. The molecule has 26 heavy (non-hydrogen) atoms. The number of rotatable bonds is 9. The minimum absolute atomic E-state index is 0.0530. The Balaban J connectivity index is 1.91. The van der Waals surface area contributed by atoms with Crippen molar-refractivity contribution in [1.29, 1.82) is 0 Å². The molecule has 5 nitrogen and oxygen atoms in total. The van der Waals surface area contributed by atoms with E-state index in [9.17, 15) is 4.79 Å². The molecule has 0 atom stereocenters. The van der Waals surface area contributed by atoms with Gasteiger partial charge in [0.15, 0.2) is 11.5 Å². The molecule has 0 spiro atoms. The van der Waals surface area contributed by atoms with E-state index in [1.165, 1.54) is 0 Å². The molecule has 0 aliphatic carbocycles. The van der Waals surface area contributed by atoms with Gasteiger partial charge in [0.2, 0.25) is 5.91 Å². The van der Waals surface area contributed by atoms with E-state index in [2.05, 4.69) is 15.9 Å². The highest BCUT2D eigenvalue weighted by Crippen LogP contribution is 2.28. The number of benzene rings is 2. The second-order valence-corrected chi connectivity index (χ2v) is 6.57. The Morgan fingerprint density at radius 2 is 1.85 bits per heavy atom. The van der Waals surface area contributed by atoms with Crippen LogP contribution in [0.15, 0.2) is 46.9 Å². The third-order valence-corrected chi connectivity index (χ3v) is 4.43. The van der Waals surface area contributed by atoms with Gasteiger partial charge in [-0.25, -0.2) is 0 Å². The van der Waals surface area contributed by atoms with Crippen molar-refractivity contribution in [1.82, 2.24) is 4.90 Å². The van der Waals surface area contributed by atoms with Crippen LogP contribution in [0.4, 0.5) is 0 Å². The molecule has 0 aliphatic rings. The van der Waals surface area contributed by atoms with Crippen LogP contribution >= 0.6 is 15.9 Å². The van der Waals surface area contributed by atoms with Crippen LogP contribution in [0, 0.1) is 0 Å². The summed E-state index contributed by atoms with van der Waals surface area (Å²) in [6, 6.07) is 13.3. The van der Waals surface area contributed by atoms with E-state index in [1.807, 2.05) is 49.4 Å². The lowest BCUT2D eigenvalue weighted by Crippen LogP contribution is -2.31. The standard InChI is InChI=1S/C20H24BrNO4/c1-4-22(14-15-8-9-18(24-2)19(12-15)25-3)20(23)10-11-26-17-7-5-6-16(21)13-17/h5-9,12-13H,4,10-11,14H2,1-3H3. The second-order valence-electron chi connectivity index (χ2n) is 5.65. The van der Waals surface area contributed by atoms with Crippen molar-refractivity contribution in [3.63, 3.8) is 0 Å². The van der Waals surface area contributed by atoms with Crippen molar-refractivity contribution in [2.24, 2.45) is 0 Å². The lowest BCUT2D eigenvalue weighted by Gasteiger charge is -2.22. The van der Waals surface area contributed by atoms with E-state index in [1.54, 1.807) is 19.1 Å². The molecule has 0 N–H and O–H groups in total. The van der Waals surface area contributed by atoms with Gasteiger partial charge in [0.05, 0.1) is 27.2 Å². The van der Waals surface area contributed by atoms with Gasteiger partial charge in [0.25, 0.3) is 0 Å². The lowest BCUT2D eigenvalue weighted by molar-refractivity contribution is -0.132. The van der Waals surface area contributed by atoms with Gasteiger partial charge in [-0.3, -0.25) is 4.79 Å². The quantitative estimate of drug-likeness (QED) is 0.605. The number of halogens is 1. The van der Waals surface area contributed by atoms with E-state index in [4.69, 9.17) is 14.2 Å². The summed E-state index contributed by atoms with van der Waals surface area (Å²) in [4.78, 5) is 14.3. The number of hydrogen-bond donors (Lipinski definition) is 0. The van der Waals surface area contributed by atoms with Crippen LogP contribution in [-0.4, -0.2) is 38.2 Å². The van der Waals surface area contributed by atoms with Gasteiger partial charge < -0.3 is 19.1 Å². The van der Waals surface area contributed by atoms with E-state index in [0.29, 0.717) is 37.6 Å². The Kier molecular flexibility index (Phi) is 7.78. The number of amides is 1. The van der Waals surface area contributed by atoms with Gasteiger partial charge in [-0.2, -0.15) is 0 Å². The van der Waals surface area contributed by atoms with Crippen molar-refractivity contribution in [3.8, 4) is 17.2 Å². The molecule has 0 unspecified atom stereocenters. The Morgan fingerprint density at radius 3 is 2.50 bits per heavy atom. The number of methoxy groups -OCH3 is 2. The minimum atomic E-state index is 0.0530. The maximum atomic E-state index is 12.5. The number of ether oxygens (including phenoxy) is 3. The van der Waals surface area contributed by atoms with Crippen molar-refractivity contribution in [2.75, 3.05) is 27.4 Å². The summed E-state index contributed by atoms with van der Waals surface area (Å²) < 4.78 is 17.2. The average Bonchev–Trinajstić information content (AvgIpc) is 2.65. The number of nitrogens with zero attached hydrogens (tertiary/aromatic N) is 1. The molecule has 0 saturated heterocycles. The predicted octanol–water partition coefficient (Wildman–Crippen LogP) is 4.28. The normalized spacial score (nSPS) is 10.3. The van der Waals surface area contributed by atoms with Crippen LogP contribution < -0.4 is 14.2 Å². The summed E-state index contributed by atoms with van der Waals surface area (Å²) in [6.45, 7) is 3.46. The van der Waals surface area contributed by atoms with E-state index < -0.39 is 0 Å². The molecular formula is C20H24BrNO4. The van der Waals surface area contributed by atoms with Gasteiger partial charge in [-0.15, -0.1) is 0 Å². The SMILES string of the molecule is CCN(Cc1ccc(OC)c(OC)c1)C(=O)CCOc1cccc(Br)c1. The van der Waals surface area contributed by atoms with Crippen LogP contribution in [0.1, 0.15) is 18.9 Å². The monoisotopic (exact) mass is 421 g/mol. The molecule has 0 radical (unpaired) electrons. The maximum Gasteiger partial charge on any atom is 0.226 e. The fourth-order valence-corrected chi connectivity index (χ4v) is 2.93. The van der Waals surface area contributed by atoms with E-state index in [-0.39, 0.29) is 5.91 Å². The van der Waals surface area contributed by atoms with Gasteiger partial charge in [0.1, 0.15) is 5.75 Å². The molecule has 1 amide bonds. The molecule has 140 valence electrons. The molecule has 0 bridgehead atoms. The Morgan fingerprint density at radius 1 is 1.08 bits per heavy atom. The zero-order valence-corrected chi connectivity index (χ0v) is 16.9. The lowest BCUT2D eigenvalue weighted by atomic mass is 10.2. The Labute approximate surface area is 163 Å². The molecule has 6 heteroatoms. The first-order chi connectivity index (χ1) is 12.6. The molecule has 0 heterocycles. The van der Waals surface area contributed by atoms with Gasteiger partial charge in [0, 0.05) is 17.6 Å². The summed E-state index contributed by atoms with van der Waals surface area (Å²) in [6.07, 6.45) is 0.327. The highest BCUT2D eigenvalue weighted by atomic mass is 79.9. The van der Waals surface area contributed by atoms with Crippen molar-refractivity contribution >= 4 is 21.8 Å². The average molecular weight is 422 g/mol. The molecule has 2 aromatic carbocycles. The van der Waals surface area contributed by atoms with Crippen molar-refractivity contribution < 1.29 is 19.0 Å². The third kappa shape index (κ3) is 5.66. The summed E-state index contributed by atoms with van der Waals surface area (Å²) in [5.41, 5.74) is 0.991. The fraction of sp³-hybridized carbons (Fsp3) is 0.350. The summed E-state index contributed by atoms with van der Waals surface area (Å²) in [5, 5.41) is 0. The first kappa shape index (κ1) is 20.1. The van der Waals surface area contributed by atoms with Crippen LogP contribution in [0.3, 0.4) is 0 Å². The van der Waals surface area contributed by atoms with Crippen LogP contribution in [-0.2, 0) is 11.3 Å². The van der Waals surface area contributed by atoms with E-state index >= 15 is 0 Å². The highest BCUT2D eigenvalue weighted by molar-refractivity contribution is 9.10. The van der Waals surface area contributed by atoms with Crippen molar-refractivity contribution in [3.05, 3.63) is 52.5 Å². The van der Waals surface area contributed by atoms with Gasteiger partial charge >= 0.3 is 0 Å². The number of carbonyl (C=O) groups is 1. The van der Waals surface area contributed by atoms with Crippen LogP contribution in [0.5, 0.6) is 17.2 Å². The highest BCUT2D eigenvalue weighted by Gasteiger charge is 2.14. The number of carbonyl (C=O) groups excluding carboxylic acids is 1. The zero-order valence-electron chi connectivity index (χ0n) is 15.3. The molecule has 2 rings (SSSR count). The predicted molar refractivity (Wildman–Crippen MR) is 105 cm³/mol. The topological polar surface area (TPSA) is 48.0 Å². The largest absolute Gasteiger partial charge is 0.493 e. The second kappa shape index (κ2) is 10.1. The summed E-state index contributed by atoms with van der Waals surface area (Å²) in [5.74, 6) is 2.13. The molecule has 0 aliphatic heterocycles. The van der Waals surface area contributed by atoms with Crippen LogP contribution in [0.2, 0.25) is 0 Å². The Bertz CT molecular complexity index is 736. The smallest absolute Gasteiger partial charge is 0.226 e. The zero-order chi connectivity index (χ0) is 18.9. The first-order valence-electron chi connectivity index (χ1n) is 8.44. The van der Waals surface area contributed by atoms with E-state index in [0.717, 1.165) is 15.8 Å². The molecule has 2 aromatic rings. The van der Waals surface area contributed by atoms with Crippen molar-refractivity contribution in [2.45, 2.75) is 19.9 Å². The molecular weight excluding hydrogens is 398 g/mol. The molecule has 0 fully saturated rings. The molecule has 0 aromatic heterocycles. The minimum Gasteiger partial charge on any atom is -0.493 e. The third-order valence-electron chi connectivity index (χ3n) is 3.94. The first-order valence-corrected chi connectivity index (χ1v) is 9.23. The van der Waals surface area contributed by atoms with Gasteiger partial charge in [-0.1, -0.05) is 28.1 Å². The van der Waals surface area contributed by atoms with Crippen LogP contribution in [0.25, 0.3) is 0 Å². The maximum absolute atomic E-state index is 12.5. The number of hydrogen-bond acceptors (Lipinski definition) is 4. The molecule has 0 saturated carbocycles. The summed E-state index contributed by atoms with van der Waals surface area (Å²) >= 11 is 3.40.